The number of carboxylic acid groups (broad SMARTS) is 1. The van der Waals surface area contributed by atoms with Crippen molar-refractivity contribution in [2.45, 2.75) is 6.54 Å². The monoisotopic (exact) mass is 288 g/mol. The summed E-state index contributed by atoms with van der Waals surface area (Å²) in [6.07, 6.45) is 4.08. The lowest BCUT2D eigenvalue weighted by Crippen LogP contribution is -2.22. The van der Waals surface area contributed by atoms with Crippen LogP contribution in [-0.2, 0) is 11.3 Å². The highest BCUT2D eigenvalue weighted by atomic mass is 32.1. The van der Waals surface area contributed by atoms with Gasteiger partial charge in [-0.1, -0.05) is 6.07 Å². The third kappa shape index (κ3) is 3.76. The van der Waals surface area contributed by atoms with Gasteiger partial charge < -0.3 is 10.4 Å². The van der Waals surface area contributed by atoms with Gasteiger partial charge in [0.1, 0.15) is 0 Å². The highest BCUT2D eigenvalue weighted by Gasteiger charge is 2.11. The van der Waals surface area contributed by atoms with Crippen LogP contribution in [-0.4, -0.2) is 22.0 Å². The van der Waals surface area contributed by atoms with Crippen LogP contribution in [0, 0.1) is 0 Å². The second kappa shape index (κ2) is 6.63. The molecule has 0 aliphatic rings. The Balaban J connectivity index is 2.03. The van der Waals surface area contributed by atoms with Crippen LogP contribution < -0.4 is 5.32 Å². The van der Waals surface area contributed by atoms with Crippen molar-refractivity contribution in [3.05, 3.63) is 58.1 Å². The number of amides is 1. The quantitative estimate of drug-likeness (QED) is 0.826. The van der Waals surface area contributed by atoms with Crippen molar-refractivity contribution < 1.29 is 14.7 Å². The molecule has 0 spiro atoms. The number of hydrogen-bond donors (Lipinski definition) is 2. The number of nitrogens with zero attached hydrogens (tertiary/aromatic N) is 1. The molecule has 2 aromatic heterocycles. The normalized spacial score (nSPS) is 10.6. The van der Waals surface area contributed by atoms with E-state index in [4.69, 9.17) is 5.11 Å². The summed E-state index contributed by atoms with van der Waals surface area (Å²) in [6, 6.07) is 7.18. The predicted octanol–water partition coefficient (Wildman–Crippen LogP) is 2.17. The minimum Gasteiger partial charge on any atom is -0.478 e. The Labute approximate surface area is 119 Å². The van der Waals surface area contributed by atoms with Gasteiger partial charge in [0.05, 0.1) is 17.1 Å². The lowest BCUT2D eigenvalue weighted by Gasteiger charge is -2.03. The van der Waals surface area contributed by atoms with Gasteiger partial charge in [-0.2, -0.15) is 0 Å². The van der Waals surface area contributed by atoms with Crippen molar-refractivity contribution >= 4 is 29.3 Å². The molecular weight excluding hydrogens is 276 g/mol. The van der Waals surface area contributed by atoms with E-state index in [1.54, 1.807) is 23.7 Å². The maximum Gasteiger partial charge on any atom is 0.328 e. The molecule has 0 saturated heterocycles. The van der Waals surface area contributed by atoms with Crippen LogP contribution in [0.25, 0.3) is 6.08 Å². The van der Waals surface area contributed by atoms with Crippen LogP contribution in [0.1, 0.15) is 20.9 Å². The van der Waals surface area contributed by atoms with Gasteiger partial charge in [-0.3, -0.25) is 9.78 Å². The molecule has 2 rings (SSSR count). The first-order valence-electron chi connectivity index (χ1n) is 5.83. The van der Waals surface area contributed by atoms with E-state index in [2.05, 4.69) is 10.3 Å². The summed E-state index contributed by atoms with van der Waals surface area (Å²) in [7, 11) is 0. The summed E-state index contributed by atoms with van der Waals surface area (Å²) in [5, 5.41) is 13.1. The van der Waals surface area contributed by atoms with Crippen LogP contribution in [0.15, 0.2) is 41.9 Å². The molecule has 0 aliphatic heterocycles. The largest absolute Gasteiger partial charge is 0.478 e. The van der Waals surface area contributed by atoms with Gasteiger partial charge in [-0.25, -0.2) is 4.79 Å². The van der Waals surface area contributed by atoms with Crippen molar-refractivity contribution in [3.8, 4) is 0 Å². The van der Waals surface area contributed by atoms with Crippen LogP contribution in [0.2, 0.25) is 0 Å². The minimum absolute atomic E-state index is 0.240. The molecule has 0 atom stereocenters. The number of carbonyl (C=O) groups excluding carboxylic acids is 1. The molecule has 0 aromatic carbocycles. The summed E-state index contributed by atoms with van der Waals surface area (Å²) in [5.41, 5.74) is 1.36. The van der Waals surface area contributed by atoms with Crippen LogP contribution >= 0.6 is 11.3 Å². The minimum atomic E-state index is -1.05. The van der Waals surface area contributed by atoms with E-state index < -0.39 is 5.97 Å². The molecule has 0 fully saturated rings. The molecule has 0 bridgehead atoms. The van der Waals surface area contributed by atoms with E-state index in [0.29, 0.717) is 17.0 Å². The molecule has 1 amide bonds. The summed E-state index contributed by atoms with van der Waals surface area (Å²) in [6.45, 7) is 0.333. The van der Waals surface area contributed by atoms with Gasteiger partial charge in [-0.05, 0) is 35.2 Å². The Kier molecular flexibility index (Phi) is 4.62. The predicted molar refractivity (Wildman–Crippen MR) is 76.4 cm³/mol. The Morgan fingerprint density at radius 1 is 1.35 bits per heavy atom. The van der Waals surface area contributed by atoms with Gasteiger partial charge in [0, 0.05) is 12.3 Å². The average molecular weight is 288 g/mol. The Morgan fingerprint density at radius 2 is 2.20 bits per heavy atom. The second-order valence-electron chi connectivity index (χ2n) is 3.88. The standard InChI is InChI=1S/C14H12N2O3S/c17-12(18)5-4-10-6-8-20-13(10)14(19)16-9-11-3-1-2-7-15-11/h1-8H,9H2,(H,16,19)(H,17,18). The Morgan fingerprint density at radius 3 is 2.90 bits per heavy atom. The molecule has 2 aromatic rings. The zero-order chi connectivity index (χ0) is 14.4. The fourth-order valence-corrected chi connectivity index (χ4v) is 2.35. The number of rotatable bonds is 5. The first kappa shape index (κ1) is 14.0. The van der Waals surface area contributed by atoms with E-state index in [0.717, 1.165) is 11.8 Å². The number of nitrogens with one attached hydrogen (secondary N) is 1. The molecule has 102 valence electrons. The van der Waals surface area contributed by atoms with Gasteiger partial charge in [0.15, 0.2) is 0 Å². The number of hydrogen-bond acceptors (Lipinski definition) is 4. The number of carbonyl (C=O) groups is 2. The number of aliphatic carboxylic acids is 1. The van der Waals surface area contributed by atoms with E-state index >= 15 is 0 Å². The maximum atomic E-state index is 12.0. The third-order valence-corrected chi connectivity index (χ3v) is 3.39. The summed E-state index contributed by atoms with van der Waals surface area (Å²) >= 11 is 1.27. The molecule has 2 N–H and O–H groups in total. The molecule has 20 heavy (non-hydrogen) atoms. The number of pyridine rings is 1. The van der Waals surface area contributed by atoms with Crippen molar-refractivity contribution in [1.29, 1.82) is 0 Å². The number of thiophene rings is 1. The van der Waals surface area contributed by atoms with Crippen molar-refractivity contribution in [3.63, 3.8) is 0 Å². The van der Waals surface area contributed by atoms with Crippen molar-refractivity contribution in [1.82, 2.24) is 10.3 Å². The average Bonchev–Trinajstić information content (AvgIpc) is 2.92. The van der Waals surface area contributed by atoms with E-state index in [9.17, 15) is 9.59 Å². The summed E-state index contributed by atoms with van der Waals surface area (Å²) < 4.78 is 0. The Hall–Kier alpha value is -2.47. The topological polar surface area (TPSA) is 79.3 Å². The molecular formula is C14H12N2O3S. The third-order valence-electron chi connectivity index (χ3n) is 2.46. The van der Waals surface area contributed by atoms with Crippen molar-refractivity contribution in [2.24, 2.45) is 0 Å². The lowest BCUT2D eigenvalue weighted by molar-refractivity contribution is -0.131. The molecule has 0 saturated carbocycles. The number of aromatic nitrogens is 1. The van der Waals surface area contributed by atoms with E-state index in [1.807, 2.05) is 12.1 Å². The van der Waals surface area contributed by atoms with Crippen LogP contribution in [0.5, 0.6) is 0 Å². The zero-order valence-electron chi connectivity index (χ0n) is 10.4. The van der Waals surface area contributed by atoms with Crippen molar-refractivity contribution in [2.75, 3.05) is 0 Å². The molecule has 5 nitrogen and oxygen atoms in total. The maximum absolute atomic E-state index is 12.0. The van der Waals surface area contributed by atoms with Crippen LogP contribution in [0.3, 0.4) is 0 Å². The number of carboxylic acids is 1. The molecule has 0 unspecified atom stereocenters. The van der Waals surface area contributed by atoms with Gasteiger partial charge in [0.25, 0.3) is 5.91 Å². The van der Waals surface area contributed by atoms with Crippen LogP contribution in [0.4, 0.5) is 0 Å². The smallest absolute Gasteiger partial charge is 0.328 e. The zero-order valence-corrected chi connectivity index (χ0v) is 11.3. The summed E-state index contributed by atoms with van der Waals surface area (Å²) in [5.74, 6) is -1.29. The van der Waals surface area contributed by atoms with Gasteiger partial charge in [0.2, 0.25) is 0 Å². The molecule has 0 radical (unpaired) electrons. The van der Waals surface area contributed by atoms with Gasteiger partial charge >= 0.3 is 5.97 Å². The van der Waals surface area contributed by atoms with E-state index in [-0.39, 0.29) is 5.91 Å². The second-order valence-corrected chi connectivity index (χ2v) is 4.80. The summed E-state index contributed by atoms with van der Waals surface area (Å²) in [4.78, 5) is 27.1. The molecule has 6 heteroatoms. The highest BCUT2D eigenvalue weighted by Crippen LogP contribution is 2.18. The highest BCUT2D eigenvalue weighted by molar-refractivity contribution is 7.12. The van der Waals surface area contributed by atoms with E-state index in [1.165, 1.54) is 17.4 Å². The molecule has 0 aliphatic carbocycles. The SMILES string of the molecule is O=C(O)C=Cc1ccsc1C(=O)NCc1ccccn1. The molecule has 2 heterocycles. The lowest BCUT2D eigenvalue weighted by atomic mass is 10.2. The van der Waals surface area contributed by atoms with Gasteiger partial charge in [-0.15, -0.1) is 11.3 Å². The first-order valence-corrected chi connectivity index (χ1v) is 6.71. The Bertz CT molecular complexity index is 635. The fraction of sp³-hybridized carbons (Fsp3) is 0.0714. The fourth-order valence-electron chi connectivity index (χ4n) is 1.55. The first-order chi connectivity index (χ1) is 9.66.